The van der Waals surface area contributed by atoms with Gasteiger partial charge in [0.1, 0.15) is 0 Å². The normalized spacial score (nSPS) is 27.9. The van der Waals surface area contributed by atoms with Crippen molar-refractivity contribution < 1.29 is 4.79 Å². The van der Waals surface area contributed by atoms with Crippen LogP contribution in [0.1, 0.15) is 23.6 Å². The first-order chi connectivity index (χ1) is 7.68. The molecule has 0 radical (unpaired) electrons. The standard InChI is InChI=1S/C12H13ClN2O/c13-9-3-1-2-8-7(9)4-5-15-11(16)6-10(14)12(8)15/h1-3,10,12H,4-6,14H2. The highest BCUT2D eigenvalue weighted by Crippen LogP contribution is 2.39. The monoisotopic (exact) mass is 236 g/mol. The van der Waals surface area contributed by atoms with Crippen molar-refractivity contribution in [3.05, 3.63) is 34.3 Å². The van der Waals surface area contributed by atoms with Crippen molar-refractivity contribution in [1.82, 2.24) is 4.90 Å². The number of fused-ring (bicyclic) bond motifs is 3. The lowest BCUT2D eigenvalue weighted by molar-refractivity contribution is -0.129. The van der Waals surface area contributed by atoms with Crippen LogP contribution in [0.2, 0.25) is 5.02 Å². The lowest BCUT2D eigenvalue weighted by Crippen LogP contribution is -2.38. The summed E-state index contributed by atoms with van der Waals surface area (Å²) >= 11 is 6.17. The van der Waals surface area contributed by atoms with Crippen LogP contribution in [-0.2, 0) is 11.2 Å². The predicted molar refractivity (Wildman–Crippen MR) is 62.2 cm³/mol. The highest BCUT2D eigenvalue weighted by atomic mass is 35.5. The molecule has 0 bridgehead atoms. The summed E-state index contributed by atoms with van der Waals surface area (Å²) in [6.45, 7) is 0.744. The van der Waals surface area contributed by atoms with E-state index in [-0.39, 0.29) is 18.0 Å². The van der Waals surface area contributed by atoms with Crippen LogP contribution in [-0.4, -0.2) is 23.4 Å². The molecule has 4 heteroatoms. The molecule has 0 saturated carbocycles. The Labute approximate surface area is 99.2 Å². The second kappa shape index (κ2) is 3.47. The molecule has 1 amide bonds. The summed E-state index contributed by atoms with van der Waals surface area (Å²) in [6, 6.07) is 5.81. The number of nitrogens with zero attached hydrogens (tertiary/aromatic N) is 1. The second-order valence-corrected chi connectivity index (χ2v) is 4.86. The largest absolute Gasteiger partial charge is 0.334 e. The van der Waals surface area contributed by atoms with E-state index in [2.05, 4.69) is 0 Å². The van der Waals surface area contributed by atoms with Gasteiger partial charge in [-0.15, -0.1) is 0 Å². The molecule has 3 nitrogen and oxygen atoms in total. The molecule has 1 fully saturated rings. The van der Waals surface area contributed by atoms with E-state index in [0.717, 1.165) is 29.1 Å². The van der Waals surface area contributed by atoms with E-state index in [0.29, 0.717) is 6.42 Å². The van der Waals surface area contributed by atoms with Crippen LogP contribution in [0.3, 0.4) is 0 Å². The van der Waals surface area contributed by atoms with Gasteiger partial charge in [0.15, 0.2) is 0 Å². The van der Waals surface area contributed by atoms with Gasteiger partial charge in [-0.1, -0.05) is 23.7 Å². The quantitative estimate of drug-likeness (QED) is 0.742. The van der Waals surface area contributed by atoms with Crippen molar-refractivity contribution in [2.24, 2.45) is 5.73 Å². The number of rotatable bonds is 0. The Bertz CT molecular complexity index is 460. The van der Waals surface area contributed by atoms with Gasteiger partial charge >= 0.3 is 0 Å². The molecule has 2 aliphatic heterocycles. The van der Waals surface area contributed by atoms with E-state index in [1.807, 2.05) is 23.1 Å². The minimum Gasteiger partial charge on any atom is -0.334 e. The van der Waals surface area contributed by atoms with Gasteiger partial charge in [-0.05, 0) is 23.6 Å². The highest BCUT2D eigenvalue weighted by Gasteiger charge is 2.41. The fourth-order valence-electron chi connectivity index (χ4n) is 2.83. The first-order valence-corrected chi connectivity index (χ1v) is 5.88. The number of nitrogens with two attached hydrogens (primary N) is 1. The number of amides is 1. The molecule has 3 rings (SSSR count). The first-order valence-electron chi connectivity index (χ1n) is 5.51. The molecule has 2 N–H and O–H groups in total. The zero-order valence-corrected chi connectivity index (χ0v) is 9.57. The minimum absolute atomic E-state index is 0.0370. The van der Waals surface area contributed by atoms with E-state index in [9.17, 15) is 4.79 Å². The smallest absolute Gasteiger partial charge is 0.224 e. The lowest BCUT2D eigenvalue weighted by atomic mass is 9.91. The van der Waals surface area contributed by atoms with E-state index >= 15 is 0 Å². The fourth-order valence-corrected chi connectivity index (χ4v) is 3.10. The van der Waals surface area contributed by atoms with Crippen LogP contribution >= 0.6 is 11.6 Å². The molecule has 2 unspecified atom stereocenters. The number of carbonyl (C=O) groups excluding carboxylic acids is 1. The van der Waals surface area contributed by atoms with Gasteiger partial charge in [0.25, 0.3) is 0 Å². The summed E-state index contributed by atoms with van der Waals surface area (Å²) < 4.78 is 0. The molecule has 1 saturated heterocycles. The Balaban J connectivity index is 2.12. The zero-order valence-electron chi connectivity index (χ0n) is 8.82. The number of carbonyl (C=O) groups is 1. The minimum atomic E-state index is -0.0926. The maximum atomic E-state index is 11.7. The van der Waals surface area contributed by atoms with Crippen molar-refractivity contribution in [3.8, 4) is 0 Å². The number of halogens is 1. The summed E-state index contributed by atoms with van der Waals surface area (Å²) in [4.78, 5) is 13.6. The lowest BCUT2D eigenvalue weighted by Gasteiger charge is -2.34. The highest BCUT2D eigenvalue weighted by molar-refractivity contribution is 6.31. The van der Waals surface area contributed by atoms with Gasteiger partial charge in [-0.3, -0.25) is 4.79 Å². The molecule has 0 spiro atoms. The van der Waals surface area contributed by atoms with Gasteiger partial charge in [0.05, 0.1) is 6.04 Å². The Hall–Kier alpha value is -1.06. The van der Waals surface area contributed by atoms with Crippen molar-refractivity contribution >= 4 is 17.5 Å². The van der Waals surface area contributed by atoms with Crippen LogP contribution in [0.25, 0.3) is 0 Å². The molecule has 84 valence electrons. The van der Waals surface area contributed by atoms with Crippen molar-refractivity contribution in [2.45, 2.75) is 24.9 Å². The predicted octanol–water partition coefficient (Wildman–Crippen LogP) is 1.50. The van der Waals surface area contributed by atoms with Crippen LogP contribution < -0.4 is 5.73 Å². The number of hydrogen-bond donors (Lipinski definition) is 1. The van der Waals surface area contributed by atoms with Gasteiger partial charge in [0.2, 0.25) is 5.91 Å². The van der Waals surface area contributed by atoms with Crippen LogP contribution in [0, 0.1) is 0 Å². The van der Waals surface area contributed by atoms with Crippen molar-refractivity contribution in [3.63, 3.8) is 0 Å². The van der Waals surface area contributed by atoms with Gasteiger partial charge in [-0.2, -0.15) is 0 Å². The summed E-state index contributed by atoms with van der Waals surface area (Å²) in [7, 11) is 0. The SMILES string of the molecule is NC1CC(=O)N2CCc3c(Cl)cccc3C12. The van der Waals surface area contributed by atoms with Gasteiger partial charge < -0.3 is 10.6 Å². The summed E-state index contributed by atoms with van der Waals surface area (Å²) in [5, 5.41) is 0.795. The molecule has 2 heterocycles. The van der Waals surface area contributed by atoms with Crippen LogP contribution in [0.5, 0.6) is 0 Å². The summed E-state index contributed by atoms with van der Waals surface area (Å²) in [5.74, 6) is 0.170. The Morgan fingerprint density at radius 3 is 3.06 bits per heavy atom. The third-order valence-electron chi connectivity index (χ3n) is 3.55. The van der Waals surface area contributed by atoms with Crippen LogP contribution in [0.4, 0.5) is 0 Å². The molecule has 0 aliphatic carbocycles. The third kappa shape index (κ3) is 1.28. The van der Waals surface area contributed by atoms with E-state index in [4.69, 9.17) is 17.3 Å². The maximum Gasteiger partial charge on any atom is 0.224 e. The van der Waals surface area contributed by atoms with Crippen LogP contribution in [0.15, 0.2) is 18.2 Å². The third-order valence-corrected chi connectivity index (χ3v) is 3.90. The molecule has 2 atom stereocenters. The number of benzene rings is 1. The molecule has 0 aromatic heterocycles. The maximum absolute atomic E-state index is 11.7. The van der Waals surface area contributed by atoms with Gasteiger partial charge in [0, 0.05) is 24.0 Å². The summed E-state index contributed by atoms with van der Waals surface area (Å²) in [5.41, 5.74) is 8.34. The molecule has 1 aromatic carbocycles. The van der Waals surface area contributed by atoms with E-state index < -0.39 is 0 Å². The van der Waals surface area contributed by atoms with Crippen molar-refractivity contribution in [1.29, 1.82) is 0 Å². The molecular formula is C12H13ClN2O. The second-order valence-electron chi connectivity index (χ2n) is 4.46. The molecular weight excluding hydrogens is 224 g/mol. The van der Waals surface area contributed by atoms with E-state index in [1.54, 1.807) is 0 Å². The average molecular weight is 237 g/mol. The molecule has 2 aliphatic rings. The average Bonchev–Trinajstić information content (AvgIpc) is 2.55. The molecule has 1 aromatic rings. The van der Waals surface area contributed by atoms with Gasteiger partial charge in [-0.25, -0.2) is 0 Å². The van der Waals surface area contributed by atoms with E-state index in [1.165, 1.54) is 0 Å². The number of hydrogen-bond acceptors (Lipinski definition) is 2. The Morgan fingerprint density at radius 1 is 1.44 bits per heavy atom. The Kier molecular flexibility index (Phi) is 2.19. The summed E-state index contributed by atoms with van der Waals surface area (Å²) in [6.07, 6.45) is 1.29. The Morgan fingerprint density at radius 2 is 2.25 bits per heavy atom. The van der Waals surface area contributed by atoms with Crippen molar-refractivity contribution in [2.75, 3.05) is 6.54 Å². The first kappa shape index (κ1) is 10.1. The molecule has 16 heavy (non-hydrogen) atoms. The fraction of sp³-hybridized carbons (Fsp3) is 0.417. The topological polar surface area (TPSA) is 46.3 Å². The zero-order chi connectivity index (χ0) is 11.3.